The van der Waals surface area contributed by atoms with Crippen LogP contribution in [-0.4, -0.2) is 11.6 Å². The van der Waals surface area contributed by atoms with Crippen molar-refractivity contribution in [1.82, 2.24) is 0 Å². The fourth-order valence-corrected chi connectivity index (χ4v) is 6.19. The van der Waals surface area contributed by atoms with Gasteiger partial charge in [-0.15, -0.1) is 22.7 Å². The molecule has 4 heteroatoms. The second kappa shape index (κ2) is 7.46. The molecule has 0 amide bonds. The zero-order chi connectivity index (χ0) is 20.8. The predicted molar refractivity (Wildman–Crippen MR) is 126 cm³/mol. The van der Waals surface area contributed by atoms with E-state index in [1.807, 2.05) is 24.3 Å². The summed E-state index contributed by atoms with van der Waals surface area (Å²) in [7, 11) is 0. The summed E-state index contributed by atoms with van der Waals surface area (Å²) in [6.07, 6.45) is 1.88. The molecule has 0 fully saturated rings. The lowest BCUT2D eigenvalue weighted by Gasteiger charge is -2.20. The van der Waals surface area contributed by atoms with E-state index < -0.39 is 11.6 Å². The Hall–Kier alpha value is -2.82. The summed E-state index contributed by atoms with van der Waals surface area (Å²) in [4.78, 5) is 28.4. The number of ketones is 2. The molecule has 2 nitrogen and oxygen atoms in total. The number of thiophene rings is 2. The average Bonchev–Trinajstić information content (AvgIpc) is 3.46. The van der Waals surface area contributed by atoms with E-state index in [-0.39, 0.29) is 0 Å². The third-order valence-corrected chi connectivity index (χ3v) is 7.82. The zero-order valence-corrected chi connectivity index (χ0v) is 18.5. The van der Waals surface area contributed by atoms with Crippen LogP contribution in [0.5, 0.6) is 0 Å². The summed E-state index contributed by atoms with van der Waals surface area (Å²) in [6, 6.07) is 16.2. The van der Waals surface area contributed by atoms with Gasteiger partial charge in [-0.3, -0.25) is 9.59 Å². The molecule has 0 saturated heterocycles. The number of fused-ring (bicyclic) bond motifs is 3. The van der Waals surface area contributed by atoms with Gasteiger partial charge in [0.05, 0.1) is 0 Å². The van der Waals surface area contributed by atoms with Crippen LogP contribution in [0.25, 0.3) is 32.0 Å². The van der Waals surface area contributed by atoms with Gasteiger partial charge in [0.25, 0.3) is 0 Å². The number of benzene rings is 2. The van der Waals surface area contributed by atoms with Gasteiger partial charge in [0.1, 0.15) is 0 Å². The summed E-state index contributed by atoms with van der Waals surface area (Å²) in [5.41, 5.74) is 7.27. The van der Waals surface area contributed by atoms with E-state index in [0.717, 1.165) is 35.1 Å². The summed E-state index contributed by atoms with van der Waals surface area (Å²) < 4.78 is 0. The molecule has 30 heavy (non-hydrogen) atoms. The quantitative estimate of drug-likeness (QED) is 0.319. The minimum Gasteiger partial charge on any atom is -0.285 e. The van der Waals surface area contributed by atoms with Crippen molar-refractivity contribution in [2.45, 2.75) is 26.7 Å². The normalized spacial score (nSPS) is 12.7. The Morgan fingerprint density at radius 3 is 1.43 bits per heavy atom. The number of carbonyl (C=O) groups is 2. The Kier molecular flexibility index (Phi) is 4.76. The Bertz CT molecular complexity index is 1200. The maximum absolute atomic E-state index is 13.0. The molecule has 0 saturated carbocycles. The molecule has 0 atom stereocenters. The standard InChI is InChI=1S/C26H20O2S2/c1-3-15-9-11-29-25(15)17-5-7-19-20-8-6-18(26-16(4-2)10-12-30-26)14-22(20)24(28)23(27)21(19)13-17/h5-14H,3-4H2,1-2H3. The topological polar surface area (TPSA) is 34.1 Å². The summed E-state index contributed by atoms with van der Waals surface area (Å²) >= 11 is 3.35. The molecule has 2 aromatic heterocycles. The van der Waals surface area contributed by atoms with Gasteiger partial charge in [0, 0.05) is 20.9 Å². The number of Topliss-reactive ketones (excluding diaryl/α,β-unsaturated/α-hetero) is 2. The van der Waals surface area contributed by atoms with Crippen LogP contribution in [0.3, 0.4) is 0 Å². The van der Waals surface area contributed by atoms with E-state index in [2.05, 4.69) is 48.9 Å². The van der Waals surface area contributed by atoms with Crippen molar-refractivity contribution in [3.63, 3.8) is 0 Å². The van der Waals surface area contributed by atoms with Crippen molar-refractivity contribution in [2.24, 2.45) is 0 Å². The number of aryl methyl sites for hydroxylation is 2. The average molecular weight is 429 g/mol. The van der Waals surface area contributed by atoms with Crippen LogP contribution in [0.4, 0.5) is 0 Å². The maximum atomic E-state index is 13.0. The third-order valence-electron chi connectivity index (χ3n) is 5.80. The Labute approximate surface area is 183 Å². The molecule has 5 rings (SSSR count). The van der Waals surface area contributed by atoms with Gasteiger partial charge in [-0.05, 0) is 81.2 Å². The van der Waals surface area contributed by atoms with Crippen LogP contribution in [0, 0.1) is 0 Å². The highest BCUT2D eigenvalue weighted by atomic mass is 32.1. The van der Waals surface area contributed by atoms with Crippen LogP contribution in [-0.2, 0) is 12.8 Å². The third kappa shape index (κ3) is 2.91. The molecule has 2 aromatic carbocycles. The lowest BCUT2D eigenvalue weighted by Crippen LogP contribution is -2.21. The van der Waals surface area contributed by atoms with Crippen molar-refractivity contribution in [3.8, 4) is 32.0 Å². The van der Waals surface area contributed by atoms with Crippen molar-refractivity contribution < 1.29 is 9.59 Å². The van der Waals surface area contributed by atoms with Gasteiger partial charge >= 0.3 is 0 Å². The highest BCUT2D eigenvalue weighted by Gasteiger charge is 2.31. The Balaban J connectivity index is 1.65. The minimum atomic E-state index is -0.409. The van der Waals surface area contributed by atoms with Crippen LogP contribution in [0.1, 0.15) is 45.7 Å². The van der Waals surface area contributed by atoms with Crippen LogP contribution in [0.2, 0.25) is 0 Å². The molecule has 148 valence electrons. The van der Waals surface area contributed by atoms with Crippen LogP contribution in [0.15, 0.2) is 59.3 Å². The largest absolute Gasteiger partial charge is 0.285 e. The van der Waals surface area contributed by atoms with Crippen molar-refractivity contribution in [3.05, 3.63) is 81.5 Å². The Morgan fingerprint density at radius 2 is 1.03 bits per heavy atom. The molecule has 0 aliphatic heterocycles. The lowest BCUT2D eigenvalue weighted by atomic mass is 9.82. The van der Waals surface area contributed by atoms with E-state index >= 15 is 0 Å². The van der Waals surface area contributed by atoms with Crippen LogP contribution < -0.4 is 0 Å². The van der Waals surface area contributed by atoms with E-state index in [0.29, 0.717) is 11.1 Å². The first-order valence-corrected chi connectivity index (χ1v) is 11.9. The van der Waals surface area contributed by atoms with Crippen molar-refractivity contribution in [2.75, 3.05) is 0 Å². The van der Waals surface area contributed by atoms with E-state index in [1.54, 1.807) is 22.7 Å². The first-order chi connectivity index (χ1) is 14.6. The van der Waals surface area contributed by atoms with Gasteiger partial charge in [-0.1, -0.05) is 38.1 Å². The molecule has 1 aliphatic rings. The van der Waals surface area contributed by atoms with Crippen LogP contribution >= 0.6 is 22.7 Å². The lowest BCUT2D eigenvalue weighted by molar-refractivity contribution is 0.0815. The van der Waals surface area contributed by atoms with E-state index in [1.165, 1.54) is 20.9 Å². The Morgan fingerprint density at radius 1 is 0.600 bits per heavy atom. The van der Waals surface area contributed by atoms with Gasteiger partial charge in [-0.2, -0.15) is 0 Å². The molecule has 0 spiro atoms. The summed E-state index contributed by atoms with van der Waals surface area (Å²) in [6.45, 7) is 4.26. The first kappa shape index (κ1) is 19.2. The second-order valence-electron chi connectivity index (χ2n) is 7.44. The van der Waals surface area contributed by atoms with E-state index in [9.17, 15) is 9.59 Å². The minimum absolute atomic E-state index is 0.409. The highest BCUT2D eigenvalue weighted by molar-refractivity contribution is 7.14. The zero-order valence-electron chi connectivity index (χ0n) is 16.8. The fourth-order valence-electron chi connectivity index (χ4n) is 4.20. The monoisotopic (exact) mass is 428 g/mol. The second-order valence-corrected chi connectivity index (χ2v) is 9.27. The van der Waals surface area contributed by atoms with Gasteiger partial charge in [-0.25, -0.2) is 0 Å². The first-order valence-electron chi connectivity index (χ1n) is 10.1. The summed E-state index contributed by atoms with van der Waals surface area (Å²) in [5, 5.41) is 4.15. The molecule has 0 radical (unpaired) electrons. The molecule has 0 bridgehead atoms. The van der Waals surface area contributed by atoms with Gasteiger partial charge in [0.2, 0.25) is 11.6 Å². The molecular formula is C26H20O2S2. The molecule has 0 unspecified atom stereocenters. The molecular weight excluding hydrogens is 408 g/mol. The van der Waals surface area contributed by atoms with E-state index in [4.69, 9.17) is 0 Å². The SMILES string of the molecule is CCc1ccsc1-c1ccc2c(c1)C(=O)C(=O)c1cc(-c3sccc3CC)ccc1-2. The maximum Gasteiger partial charge on any atom is 0.234 e. The highest BCUT2D eigenvalue weighted by Crippen LogP contribution is 2.40. The van der Waals surface area contributed by atoms with Gasteiger partial charge < -0.3 is 0 Å². The molecule has 1 aliphatic carbocycles. The van der Waals surface area contributed by atoms with Gasteiger partial charge in [0.15, 0.2) is 0 Å². The van der Waals surface area contributed by atoms with Crippen molar-refractivity contribution in [1.29, 1.82) is 0 Å². The predicted octanol–water partition coefficient (Wildman–Crippen LogP) is 7.31. The fraction of sp³-hybridized carbons (Fsp3) is 0.154. The molecule has 2 heterocycles. The van der Waals surface area contributed by atoms with Crippen molar-refractivity contribution >= 4 is 34.2 Å². The number of hydrogen-bond acceptors (Lipinski definition) is 4. The molecule has 4 aromatic rings. The molecule has 0 N–H and O–H groups in total. The number of carbonyl (C=O) groups excluding carboxylic acids is 2. The smallest absolute Gasteiger partial charge is 0.234 e. The number of hydrogen-bond donors (Lipinski definition) is 0. The number of rotatable bonds is 4. The summed E-state index contributed by atoms with van der Waals surface area (Å²) in [5.74, 6) is -0.819.